The van der Waals surface area contributed by atoms with Crippen LogP contribution in [0.25, 0.3) is 0 Å². The monoisotopic (exact) mass is 755 g/mol. The third-order valence-corrected chi connectivity index (χ3v) is 9.29. The Labute approximate surface area is 332 Å². The molecule has 0 aromatic rings. The minimum Gasteiger partial charge on any atom is -0.462 e. The lowest BCUT2D eigenvalue weighted by Gasteiger charge is -2.18. The second kappa shape index (κ2) is 42.8. The molecule has 310 valence electrons. The summed E-state index contributed by atoms with van der Waals surface area (Å²) in [6.07, 6.45) is 51.2. The number of unbranched alkanes of at least 4 members (excludes halogenated alkanes) is 18. The van der Waals surface area contributed by atoms with Crippen LogP contribution in [0, 0.1) is 0 Å². The van der Waals surface area contributed by atoms with Gasteiger partial charge >= 0.3 is 17.9 Å². The molecule has 0 saturated heterocycles. The fourth-order valence-electron chi connectivity index (χ4n) is 5.94. The number of esters is 3. The molecule has 0 aromatic carbocycles. The predicted molar refractivity (Wildman–Crippen MR) is 228 cm³/mol. The van der Waals surface area contributed by atoms with Crippen molar-refractivity contribution in [1.29, 1.82) is 0 Å². The van der Waals surface area contributed by atoms with Gasteiger partial charge < -0.3 is 14.2 Å². The maximum absolute atomic E-state index is 12.5. The lowest BCUT2D eigenvalue weighted by Crippen LogP contribution is -2.30. The molecule has 54 heavy (non-hydrogen) atoms. The second-order valence-electron chi connectivity index (χ2n) is 14.6. The van der Waals surface area contributed by atoms with Crippen LogP contribution in [0.5, 0.6) is 0 Å². The molecule has 0 amide bonds. The van der Waals surface area contributed by atoms with Crippen molar-refractivity contribution >= 4 is 17.9 Å². The van der Waals surface area contributed by atoms with Crippen LogP contribution in [0.1, 0.15) is 207 Å². The molecule has 6 nitrogen and oxygen atoms in total. The number of hydrogen-bond acceptors (Lipinski definition) is 6. The molecule has 0 rings (SSSR count). The summed E-state index contributed by atoms with van der Waals surface area (Å²) in [5.74, 6) is -0.912. The van der Waals surface area contributed by atoms with Crippen LogP contribution >= 0.6 is 0 Å². The summed E-state index contributed by atoms with van der Waals surface area (Å²) in [6.45, 7) is 6.35. The van der Waals surface area contributed by atoms with Crippen LogP contribution in [0.3, 0.4) is 0 Å². The van der Waals surface area contributed by atoms with Gasteiger partial charge in [0, 0.05) is 19.3 Å². The number of carbonyl (C=O) groups excluding carboxylic acids is 3. The number of ether oxygens (including phenoxy) is 3. The molecule has 0 fully saturated rings. The van der Waals surface area contributed by atoms with Crippen molar-refractivity contribution in [3.63, 3.8) is 0 Å². The summed E-state index contributed by atoms with van der Waals surface area (Å²) >= 11 is 0. The first-order valence-corrected chi connectivity index (χ1v) is 22.3. The van der Waals surface area contributed by atoms with E-state index in [2.05, 4.69) is 81.5 Å². The lowest BCUT2D eigenvalue weighted by atomic mass is 10.1. The SMILES string of the molecule is CC/C=C\C/C=C\C/C=C\C/C=C\C/C=C\CCCCCCCCCCCC(=O)OCC(COC(=O)CCCCCCC)OC(=O)CCCCCCCC. The van der Waals surface area contributed by atoms with Gasteiger partial charge in [0.2, 0.25) is 0 Å². The largest absolute Gasteiger partial charge is 0.462 e. The molecule has 0 heterocycles. The third kappa shape index (κ3) is 40.3. The van der Waals surface area contributed by atoms with Crippen molar-refractivity contribution in [3.05, 3.63) is 60.8 Å². The summed E-state index contributed by atoms with van der Waals surface area (Å²) in [5, 5.41) is 0. The van der Waals surface area contributed by atoms with Crippen LogP contribution in [0.15, 0.2) is 60.8 Å². The van der Waals surface area contributed by atoms with Gasteiger partial charge in [-0.25, -0.2) is 0 Å². The molecule has 1 unspecified atom stereocenters. The molecular formula is C48H82O6. The van der Waals surface area contributed by atoms with Crippen molar-refractivity contribution in [2.45, 2.75) is 213 Å². The standard InChI is InChI=1S/C48H82O6/c1-4-7-10-13-15-16-17-18-19-20-21-22-23-24-25-26-27-28-29-30-31-32-33-36-38-41-47(50)53-44-45(43-52-46(49)40-37-34-12-9-6-3)54-48(51)42-39-35-14-11-8-5-2/h7,10,15-16,18-19,21-22,24-25,45H,4-6,8-9,11-14,17,20,23,26-44H2,1-3H3/b10-7-,16-15-,19-18-,22-21-,25-24-. The van der Waals surface area contributed by atoms with Crippen molar-refractivity contribution in [1.82, 2.24) is 0 Å². The van der Waals surface area contributed by atoms with Crippen LogP contribution in [0.4, 0.5) is 0 Å². The highest BCUT2D eigenvalue weighted by atomic mass is 16.6. The van der Waals surface area contributed by atoms with Crippen molar-refractivity contribution < 1.29 is 28.6 Å². The fourth-order valence-corrected chi connectivity index (χ4v) is 5.94. The number of rotatable bonds is 39. The first-order valence-electron chi connectivity index (χ1n) is 22.3. The van der Waals surface area contributed by atoms with E-state index in [0.29, 0.717) is 19.3 Å². The van der Waals surface area contributed by atoms with Gasteiger partial charge in [0.25, 0.3) is 0 Å². The molecule has 0 spiro atoms. The van der Waals surface area contributed by atoms with E-state index < -0.39 is 6.10 Å². The molecule has 0 saturated carbocycles. The highest BCUT2D eigenvalue weighted by Gasteiger charge is 2.19. The molecular weight excluding hydrogens is 673 g/mol. The molecule has 0 aliphatic heterocycles. The highest BCUT2D eigenvalue weighted by molar-refractivity contribution is 5.71. The highest BCUT2D eigenvalue weighted by Crippen LogP contribution is 2.13. The molecule has 0 aliphatic carbocycles. The van der Waals surface area contributed by atoms with Gasteiger partial charge in [-0.3, -0.25) is 14.4 Å². The Kier molecular flexibility index (Phi) is 40.6. The van der Waals surface area contributed by atoms with Gasteiger partial charge in [-0.15, -0.1) is 0 Å². The van der Waals surface area contributed by atoms with Crippen molar-refractivity contribution in [2.24, 2.45) is 0 Å². The van der Waals surface area contributed by atoms with E-state index in [1.54, 1.807) is 0 Å². The normalized spacial score (nSPS) is 12.6. The molecule has 1 atom stereocenters. The van der Waals surface area contributed by atoms with Crippen LogP contribution < -0.4 is 0 Å². The Bertz CT molecular complexity index is 1010. The smallest absolute Gasteiger partial charge is 0.306 e. The summed E-state index contributed by atoms with van der Waals surface area (Å²) in [4.78, 5) is 37.2. The predicted octanol–water partition coefficient (Wildman–Crippen LogP) is 14.1. The number of carbonyl (C=O) groups is 3. The van der Waals surface area contributed by atoms with E-state index in [9.17, 15) is 14.4 Å². The first kappa shape index (κ1) is 51.1. The Morgan fingerprint density at radius 2 is 0.722 bits per heavy atom. The van der Waals surface area contributed by atoms with E-state index in [1.807, 2.05) is 0 Å². The van der Waals surface area contributed by atoms with Gasteiger partial charge in [0.15, 0.2) is 6.10 Å². The zero-order valence-corrected chi connectivity index (χ0v) is 35.2. The molecule has 0 radical (unpaired) electrons. The number of hydrogen-bond donors (Lipinski definition) is 0. The average Bonchev–Trinajstić information content (AvgIpc) is 3.17. The molecule has 0 bridgehead atoms. The Balaban J connectivity index is 4.00. The molecule has 0 N–H and O–H groups in total. The van der Waals surface area contributed by atoms with E-state index in [-0.39, 0.29) is 31.1 Å². The van der Waals surface area contributed by atoms with Crippen LogP contribution in [0.2, 0.25) is 0 Å². The van der Waals surface area contributed by atoms with Crippen LogP contribution in [-0.2, 0) is 28.6 Å². The van der Waals surface area contributed by atoms with E-state index in [0.717, 1.165) is 103 Å². The van der Waals surface area contributed by atoms with Crippen molar-refractivity contribution in [2.75, 3.05) is 13.2 Å². The Morgan fingerprint density at radius 1 is 0.389 bits per heavy atom. The van der Waals surface area contributed by atoms with E-state index in [1.165, 1.54) is 64.2 Å². The van der Waals surface area contributed by atoms with Gasteiger partial charge in [-0.05, 0) is 64.2 Å². The Morgan fingerprint density at radius 3 is 1.13 bits per heavy atom. The average molecular weight is 755 g/mol. The van der Waals surface area contributed by atoms with Gasteiger partial charge in [0.1, 0.15) is 13.2 Å². The maximum Gasteiger partial charge on any atom is 0.306 e. The second-order valence-corrected chi connectivity index (χ2v) is 14.6. The maximum atomic E-state index is 12.5. The quantitative estimate of drug-likeness (QED) is 0.0269. The summed E-state index contributed by atoms with van der Waals surface area (Å²) in [5.41, 5.74) is 0. The third-order valence-electron chi connectivity index (χ3n) is 9.29. The number of allylic oxidation sites excluding steroid dienone is 10. The van der Waals surface area contributed by atoms with E-state index >= 15 is 0 Å². The summed E-state index contributed by atoms with van der Waals surface area (Å²) < 4.78 is 16.5. The topological polar surface area (TPSA) is 78.9 Å². The zero-order valence-electron chi connectivity index (χ0n) is 35.2. The Hall–Kier alpha value is -2.89. The molecule has 6 heteroatoms. The van der Waals surface area contributed by atoms with Crippen LogP contribution in [-0.4, -0.2) is 37.2 Å². The molecule has 0 aliphatic rings. The summed E-state index contributed by atoms with van der Waals surface area (Å²) in [6, 6.07) is 0. The van der Waals surface area contributed by atoms with Gasteiger partial charge in [-0.1, -0.05) is 184 Å². The minimum absolute atomic E-state index is 0.0767. The minimum atomic E-state index is -0.766. The fraction of sp³-hybridized carbons (Fsp3) is 0.729. The summed E-state index contributed by atoms with van der Waals surface area (Å²) in [7, 11) is 0. The van der Waals surface area contributed by atoms with Gasteiger partial charge in [-0.2, -0.15) is 0 Å². The molecule has 0 aromatic heterocycles. The van der Waals surface area contributed by atoms with Gasteiger partial charge in [0.05, 0.1) is 0 Å². The van der Waals surface area contributed by atoms with Crippen molar-refractivity contribution in [3.8, 4) is 0 Å². The lowest BCUT2D eigenvalue weighted by molar-refractivity contribution is -0.167. The zero-order chi connectivity index (χ0) is 39.4. The first-order chi connectivity index (χ1) is 26.5. The van der Waals surface area contributed by atoms with E-state index in [4.69, 9.17) is 14.2 Å².